The highest BCUT2D eigenvalue weighted by Crippen LogP contribution is 2.37. The van der Waals surface area contributed by atoms with Gasteiger partial charge in [0.2, 0.25) is 0 Å². The number of benzene rings is 2. The molecule has 0 radical (unpaired) electrons. The maximum absolute atomic E-state index is 13.2. The Morgan fingerprint density at radius 3 is 2.67 bits per heavy atom. The van der Waals surface area contributed by atoms with Gasteiger partial charge in [-0.1, -0.05) is 30.3 Å². The zero-order chi connectivity index (χ0) is 20.9. The van der Waals surface area contributed by atoms with E-state index in [1.54, 1.807) is 41.4 Å². The summed E-state index contributed by atoms with van der Waals surface area (Å²) in [5.74, 6) is 0.794. The molecule has 1 amide bonds. The van der Waals surface area contributed by atoms with Crippen LogP contribution in [0, 0.1) is 0 Å². The van der Waals surface area contributed by atoms with Gasteiger partial charge in [0.05, 0.1) is 17.2 Å². The third-order valence-electron chi connectivity index (χ3n) is 4.26. The van der Waals surface area contributed by atoms with Gasteiger partial charge in [-0.25, -0.2) is 9.98 Å². The molecule has 1 aliphatic heterocycles. The summed E-state index contributed by atoms with van der Waals surface area (Å²) in [6.07, 6.45) is 3.43. The highest BCUT2D eigenvalue weighted by atomic mass is 32.2. The molecule has 1 fully saturated rings. The Bertz CT molecular complexity index is 1120. The molecule has 4 rings (SSSR count). The number of phenols is 1. The first-order valence-corrected chi connectivity index (χ1v) is 10.2. The van der Waals surface area contributed by atoms with Crippen LogP contribution < -0.4 is 9.64 Å². The van der Waals surface area contributed by atoms with Crippen LogP contribution in [0.1, 0.15) is 12.5 Å². The van der Waals surface area contributed by atoms with Crippen molar-refractivity contribution in [3.63, 3.8) is 0 Å². The molecule has 0 saturated carbocycles. The van der Waals surface area contributed by atoms with Gasteiger partial charge in [-0.05, 0) is 66.7 Å². The minimum Gasteiger partial charge on any atom is -0.504 e. The van der Waals surface area contributed by atoms with E-state index < -0.39 is 0 Å². The first kappa shape index (κ1) is 19.7. The molecule has 1 saturated heterocycles. The van der Waals surface area contributed by atoms with E-state index >= 15 is 0 Å². The second-order valence-corrected chi connectivity index (χ2v) is 7.34. The number of anilines is 1. The van der Waals surface area contributed by atoms with Crippen LogP contribution in [0.15, 0.2) is 82.8 Å². The van der Waals surface area contributed by atoms with Gasteiger partial charge < -0.3 is 9.84 Å². The van der Waals surface area contributed by atoms with Crippen LogP contribution in [0.5, 0.6) is 11.5 Å². The number of hydrogen-bond donors (Lipinski definition) is 1. The summed E-state index contributed by atoms with van der Waals surface area (Å²) in [7, 11) is 0. The van der Waals surface area contributed by atoms with Gasteiger partial charge >= 0.3 is 0 Å². The number of phenolic OH excluding ortho intramolecular Hbond substituents is 1. The first-order chi connectivity index (χ1) is 14.7. The Morgan fingerprint density at radius 2 is 1.93 bits per heavy atom. The number of aromatic nitrogens is 1. The second-order valence-electron chi connectivity index (χ2n) is 6.33. The average Bonchev–Trinajstić information content (AvgIpc) is 3.06. The standard InChI is InChI=1S/C23H19N3O3S/c1-2-29-19-14-16(11-12-18(19)27)15-20-22(28)26(17-8-4-3-5-9-17)23(30-20)25-21-10-6-7-13-24-21/h3-15,27H,2H2,1H3/b20-15-,25-23+. The van der Waals surface area contributed by atoms with Crippen molar-refractivity contribution in [3.05, 3.63) is 83.4 Å². The topological polar surface area (TPSA) is 75.0 Å². The minimum atomic E-state index is -0.174. The van der Waals surface area contributed by atoms with Crippen LogP contribution in [0.3, 0.4) is 0 Å². The number of amides is 1. The Hall–Kier alpha value is -3.58. The number of amidine groups is 1. The molecule has 0 atom stereocenters. The molecular weight excluding hydrogens is 398 g/mol. The Kier molecular flexibility index (Phi) is 5.81. The van der Waals surface area contributed by atoms with Gasteiger partial charge in [-0.2, -0.15) is 0 Å². The van der Waals surface area contributed by atoms with Crippen LogP contribution in [0.25, 0.3) is 6.08 Å². The number of aromatic hydroxyl groups is 1. The van der Waals surface area contributed by atoms with Crippen LogP contribution in [0.4, 0.5) is 11.5 Å². The second kappa shape index (κ2) is 8.84. The average molecular weight is 417 g/mol. The number of nitrogens with zero attached hydrogens (tertiary/aromatic N) is 3. The zero-order valence-corrected chi connectivity index (χ0v) is 17.0. The molecule has 1 aliphatic rings. The fraction of sp³-hybridized carbons (Fsp3) is 0.0870. The van der Waals surface area contributed by atoms with Crippen molar-refractivity contribution in [1.82, 2.24) is 4.98 Å². The lowest BCUT2D eigenvalue weighted by molar-refractivity contribution is -0.113. The summed E-state index contributed by atoms with van der Waals surface area (Å²) in [4.78, 5) is 24.2. The Morgan fingerprint density at radius 1 is 1.13 bits per heavy atom. The van der Waals surface area contributed by atoms with Crippen molar-refractivity contribution in [3.8, 4) is 11.5 Å². The van der Waals surface area contributed by atoms with Crippen LogP contribution in [0.2, 0.25) is 0 Å². The molecule has 7 heteroatoms. The van der Waals surface area contributed by atoms with Crippen LogP contribution in [-0.4, -0.2) is 27.8 Å². The zero-order valence-electron chi connectivity index (χ0n) is 16.2. The van der Waals surface area contributed by atoms with E-state index in [9.17, 15) is 9.90 Å². The predicted octanol–water partition coefficient (Wildman–Crippen LogP) is 4.99. The Balaban J connectivity index is 1.74. The van der Waals surface area contributed by atoms with E-state index in [2.05, 4.69) is 9.98 Å². The summed E-state index contributed by atoms with van der Waals surface area (Å²) in [6, 6.07) is 19.8. The highest BCUT2D eigenvalue weighted by molar-refractivity contribution is 8.19. The summed E-state index contributed by atoms with van der Waals surface area (Å²) in [5, 5.41) is 10.5. The van der Waals surface area contributed by atoms with E-state index in [-0.39, 0.29) is 11.7 Å². The molecule has 6 nitrogen and oxygen atoms in total. The summed E-state index contributed by atoms with van der Waals surface area (Å²) in [5.41, 5.74) is 1.48. The molecule has 30 heavy (non-hydrogen) atoms. The molecular formula is C23H19N3O3S. The molecule has 2 aromatic carbocycles. The molecule has 150 valence electrons. The van der Waals surface area contributed by atoms with Gasteiger partial charge in [0.25, 0.3) is 5.91 Å². The molecule has 0 unspecified atom stereocenters. The van der Waals surface area contributed by atoms with Crippen molar-refractivity contribution in [2.75, 3.05) is 11.5 Å². The number of hydrogen-bond acceptors (Lipinski definition) is 6. The lowest BCUT2D eigenvalue weighted by Gasteiger charge is -2.15. The van der Waals surface area contributed by atoms with E-state index in [0.717, 1.165) is 11.3 Å². The lowest BCUT2D eigenvalue weighted by Crippen LogP contribution is -2.28. The van der Waals surface area contributed by atoms with Gasteiger partial charge in [0.15, 0.2) is 22.5 Å². The predicted molar refractivity (Wildman–Crippen MR) is 120 cm³/mol. The molecule has 3 aromatic rings. The van der Waals surface area contributed by atoms with E-state index in [1.165, 1.54) is 11.8 Å². The van der Waals surface area contributed by atoms with E-state index in [1.807, 2.05) is 49.4 Å². The SMILES string of the molecule is CCOc1cc(/C=C2\S/C(=N/c3ccccn3)N(c3ccccc3)C2=O)ccc1O. The quantitative estimate of drug-likeness (QED) is 0.592. The van der Waals surface area contributed by atoms with Crippen molar-refractivity contribution in [2.24, 2.45) is 4.99 Å². The number of aliphatic imine (C=N–C) groups is 1. The number of thioether (sulfide) groups is 1. The largest absolute Gasteiger partial charge is 0.504 e. The summed E-state index contributed by atoms with van der Waals surface area (Å²) < 4.78 is 5.45. The van der Waals surface area contributed by atoms with Gasteiger partial charge in [-0.3, -0.25) is 9.69 Å². The maximum atomic E-state index is 13.2. The molecule has 0 aliphatic carbocycles. The summed E-state index contributed by atoms with van der Waals surface area (Å²) >= 11 is 1.28. The third kappa shape index (κ3) is 4.21. The fourth-order valence-corrected chi connectivity index (χ4v) is 3.90. The molecule has 1 N–H and O–H groups in total. The normalized spacial score (nSPS) is 16.4. The maximum Gasteiger partial charge on any atom is 0.271 e. The molecule has 2 heterocycles. The molecule has 0 bridgehead atoms. The van der Waals surface area contributed by atoms with Crippen LogP contribution >= 0.6 is 11.8 Å². The molecule has 0 spiro atoms. The number of rotatable bonds is 5. The fourth-order valence-electron chi connectivity index (χ4n) is 2.91. The smallest absolute Gasteiger partial charge is 0.271 e. The number of para-hydroxylation sites is 1. The summed E-state index contributed by atoms with van der Waals surface area (Å²) in [6.45, 7) is 2.28. The van der Waals surface area contributed by atoms with Crippen molar-refractivity contribution >= 4 is 40.4 Å². The number of carbonyl (C=O) groups excluding carboxylic acids is 1. The first-order valence-electron chi connectivity index (χ1n) is 9.40. The van der Waals surface area contributed by atoms with Gasteiger partial charge in [-0.15, -0.1) is 0 Å². The third-order valence-corrected chi connectivity index (χ3v) is 5.23. The highest BCUT2D eigenvalue weighted by Gasteiger charge is 2.34. The number of carbonyl (C=O) groups is 1. The van der Waals surface area contributed by atoms with Crippen molar-refractivity contribution in [2.45, 2.75) is 6.92 Å². The Labute approximate surface area is 178 Å². The molecule has 1 aromatic heterocycles. The number of ether oxygens (including phenoxy) is 1. The van der Waals surface area contributed by atoms with E-state index in [4.69, 9.17) is 4.74 Å². The van der Waals surface area contributed by atoms with Crippen molar-refractivity contribution < 1.29 is 14.6 Å². The van der Waals surface area contributed by atoms with Crippen molar-refractivity contribution in [1.29, 1.82) is 0 Å². The number of pyridine rings is 1. The van der Waals surface area contributed by atoms with E-state index in [0.29, 0.717) is 28.2 Å². The monoisotopic (exact) mass is 417 g/mol. The minimum absolute atomic E-state index is 0.0627. The van der Waals surface area contributed by atoms with Crippen LogP contribution in [-0.2, 0) is 4.79 Å². The van der Waals surface area contributed by atoms with Gasteiger partial charge in [0, 0.05) is 6.20 Å². The lowest BCUT2D eigenvalue weighted by atomic mass is 10.2. The van der Waals surface area contributed by atoms with Gasteiger partial charge in [0.1, 0.15) is 0 Å².